The summed E-state index contributed by atoms with van der Waals surface area (Å²) in [5, 5.41) is 9.49. The molecular weight excluding hydrogens is 402 g/mol. The Kier molecular flexibility index (Phi) is 5.85. The van der Waals surface area contributed by atoms with E-state index < -0.39 is 5.97 Å². The number of esters is 1. The van der Waals surface area contributed by atoms with Crippen LogP contribution in [0, 0.1) is 0 Å². The van der Waals surface area contributed by atoms with Gasteiger partial charge in [-0.15, -0.1) is 10.2 Å². The van der Waals surface area contributed by atoms with Crippen molar-refractivity contribution in [3.05, 3.63) is 78.3 Å². The van der Waals surface area contributed by atoms with Gasteiger partial charge in [0.2, 0.25) is 0 Å². The smallest absolute Gasteiger partial charge is 0.341 e. The Hall–Kier alpha value is -3.52. The minimum Gasteiger partial charge on any atom is -0.497 e. The van der Waals surface area contributed by atoms with Crippen LogP contribution in [-0.2, 0) is 10.5 Å². The monoisotopic (exact) mass is 421 g/mol. The molecule has 0 saturated heterocycles. The summed E-state index contributed by atoms with van der Waals surface area (Å²) in [7, 11) is 2.98. The van der Waals surface area contributed by atoms with Crippen molar-refractivity contribution in [2.45, 2.75) is 10.9 Å². The fraction of sp³-hybridized carbons (Fsp3) is 0.136. The summed E-state index contributed by atoms with van der Waals surface area (Å²) in [6.07, 6.45) is 1.48. The van der Waals surface area contributed by atoms with Crippen LogP contribution in [0.3, 0.4) is 0 Å². The van der Waals surface area contributed by atoms with E-state index in [9.17, 15) is 4.79 Å². The number of hydrogen-bond donors (Lipinski definition) is 0. The maximum atomic E-state index is 11.9. The standard InChI is InChI=1S/C22H19N3O4S/c1-27-17-10-6-7-15(13-17)20-23-24-22(25(20)16-8-4-3-5-9-16)30-14-19-18(11-12-29-19)21(26)28-2/h3-13H,14H2,1-2H3. The predicted octanol–water partition coefficient (Wildman–Crippen LogP) is 4.61. The number of nitrogens with zero attached hydrogens (tertiary/aromatic N) is 3. The van der Waals surface area contributed by atoms with Crippen LogP contribution >= 0.6 is 11.8 Å². The molecule has 8 heteroatoms. The van der Waals surface area contributed by atoms with Gasteiger partial charge in [0.05, 0.1) is 26.2 Å². The maximum absolute atomic E-state index is 11.9. The predicted molar refractivity (Wildman–Crippen MR) is 113 cm³/mol. The van der Waals surface area contributed by atoms with Crippen LogP contribution in [0.25, 0.3) is 17.1 Å². The second kappa shape index (κ2) is 8.87. The van der Waals surface area contributed by atoms with Crippen molar-refractivity contribution in [3.8, 4) is 22.8 Å². The van der Waals surface area contributed by atoms with Crippen molar-refractivity contribution >= 4 is 17.7 Å². The number of benzene rings is 2. The Morgan fingerprint density at radius 1 is 1.07 bits per heavy atom. The molecular formula is C22H19N3O4S. The average Bonchev–Trinajstić information content (AvgIpc) is 3.44. The summed E-state index contributed by atoms with van der Waals surface area (Å²) < 4.78 is 17.6. The molecule has 0 saturated carbocycles. The number of thioether (sulfide) groups is 1. The molecule has 0 fully saturated rings. The minimum atomic E-state index is -0.430. The molecule has 2 heterocycles. The lowest BCUT2D eigenvalue weighted by Gasteiger charge is -2.11. The van der Waals surface area contributed by atoms with E-state index in [1.807, 2.05) is 59.2 Å². The normalized spacial score (nSPS) is 10.7. The van der Waals surface area contributed by atoms with Gasteiger partial charge in [0.1, 0.15) is 17.1 Å². The number of carbonyl (C=O) groups excluding carboxylic acids is 1. The van der Waals surface area contributed by atoms with Crippen LogP contribution in [0.5, 0.6) is 5.75 Å². The highest BCUT2D eigenvalue weighted by Crippen LogP contribution is 2.31. The lowest BCUT2D eigenvalue weighted by atomic mass is 10.2. The largest absolute Gasteiger partial charge is 0.497 e. The van der Waals surface area contributed by atoms with Gasteiger partial charge in [-0.25, -0.2) is 4.79 Å². The van der Waals surface area contributed by atoms with Crippen molar-refractivity contribution in [2.24, 2.45) is 0 Å². The zero-order chi connectivity index (χ0) is 20.9. The molecule has 0 aliphatic rings. The summed E-state index contributed by atoms with van der Waals surface area (Å²) in [4.78, 5) is 11.9. The third-order valence-electron chi connectivity index (χ3n) is 4.46. The molecule has 30 heavy (non-hydrogen) atoms. The van der Waals surface area contributed by atoms with Gasteiger partial charge in [0.15, 0.2) is 11.0 Å². The lowest BCUT2D eigenvalue weighted by molar-refractivity contribution is 0.0598. The van der Waals surface area contributed by atoms with Gasteiger partial charge >= 0.3 is 5.97 Å². The van der Waals surface area contributed by atoms with Crippen molar-refractivity contribution in [2.75, 3.05) is 14.2 Å². The molecule has 0 bridgehead atoms. The molecule has 2 aromatic heterocycles. The van der Waals surface area contributed by atoms with Gasteiger partial charge in [-0.2, -0.15) is 0 Å². The fourth-order valence-electron chi connectivity index (χ4n) is 3.00. The Labute approximate surface area is 177 Å². The third kappa shape index (κ3) is 3.95. The Balaban J connectivity index is 1.71. The van der Waals surface area contributed by atoms with E-state index in [1.165, 1.54) is 25.1 Å². The van der Waals surface area contributed by atoms with Crippen LogP contribution in [0.15, 0.2) is 76.5 Å². The summed E-state index contributed by atoms with van der Waals surface area (Å²) >= 11 is 1.42. The van der Waals surface area contributed by atoms with E-state index in [-0.39, 0.29) is 0 Å². The zero-order valence-corrected chi connectivity index (χ0v) is 17.3. The van der Waals surface area contributed by atoms with Gasteiger partial charge in [-0.05, 0) is 30.3 Å². The van der Waals surface area contributed by atoms with Gasteiger partial charge < -0.3 is 13.9 Å². The molecule has 4 rings (SSSR count). The molecule has 7 nitrogen and oxygen atoms in total. The second-order valence-corrected chi connectivity index (χ2v) is 7.19. The van der Waals surface area contributed by atoms with Crippen molar-refractivity contribution in [1.82, 2.24) is 14.8 Å². The first-order valence-electron chi connectivity index (χ1n) is 9.14. The van der Waals surface area contributed by atoms with E-state index in [2.05, 4.69) is 10.2 Å². The van der Waals surface area contributed by atoms with Gasteiger partial charge in [0.25, 0.3) is 0 Å². The van der Waals surface area contributed by atoms with E-state index in [1.54, 1.807) is 13.2 Å². The van der Waals surface area contributed by atoms with E-state index in [0.29, 0.717) is 28.1 Å². The first-order valence-corrected chi connectivity index (χ1v) is 10.1. The zero-order valence-electron chi connectivity index (χ0n) is 16.4. The number of para-hydroxylation sites is 1. The van der Waals surface area contributed by atoms with Crippen LogP contribution in [0.1, 0.15) is 16.1 Å². The number of ether oxygens (including phenoxy) is 2. The van der Waals surface area contributed by atoms with Gasteiger partial charge in [-0.3, -0.25) is 4.57 Å². The molecule has 0 atom stereocenters. The summed E-state index contributed by atoms with van der Waals surface area (Å²) in [6, 6.07) is 19.1. The molecule has 0 spiro atoms. The molecule has 2 aromatic carbocycles. The van der Waals surface area contributed by atoms with Crippen molar-refractivity contribution in [1.29, 1.82) is 0 Å². The minimum absolute atomic E-state index is 0.403. The highest BCUT2D eigenvalue weighted by Gasteiger charge is 2.20. The molecule has 152 valence electrons. The maximum Gasteiger partial charge on any atom is 0.341 e. The molecule has 0 unspecified atom stereocenters. The van der Waals surface area contributed by atoms with Crippen LogP contribution in [0.2, 0.25) is 0 Å². The topological polar surface area (TPSA) is 79.4 Å². The molecule has 4 aromatic rings. The first-order chi connectivity index (χ1) is 14.7. The SMILES string of the molecule is COC(=O)c1ccoc1CSc1nnc(-c2cccc(OC)c2)n1-c1ccccc1. The Morgan fingerprint density at radius 3 is 2.67 bits per heavy atom. The lowest BCUT2D eigenvalue weighted by Crippen LogP contribution is -2.03. The summed E-state index contributed by atoms with van der Waals surface area (Å²) in [5.74, 6) is 1.93. The number of hydrogen-bond acceptors (Lipinski definition) is 7. The highest BCUT2D eigenvalue weighted by atomic mass is 32.2. The van der Waals surface area contributed by atoms with E-state index in [0.717, 1.165) is 17.0 Å². The molecule has 0 aliphatic heterocycles. The number of carbonyl (C=O) groups is 1. The molecule has 0 aliphatic carbocycles. The van der Waals surface area contributed by atoms with E-state index in [4.69, 9.17) is 13.9 Å². The van der Waals surface area contributed by atoms with Crippen molar-refractivity contribution in [3.63, 3.8) is 0 Å². The van der Waals surface area contributed by atoms with Gasteiger partial charge in [0, 0.05) is 11.3 Å². The van der Waals surface area contributed by atoms with Crippen LogP contribution in [0.4, 0.5) is 0 Å². The summed E-state index contributed by atoms with van der Waals surface area (Å²) in [5.41, 5.74) is 2.21. The second-order valence-electron chi connectivity index (χ2n) is 6.25. The Bertz CT molecular complexity index is 1150. The summed E-state index contributed by atoms with van der Waals surface area (Å²) in [6.45, 7) is 0. The fourth-order valence-corrected chi connectivity index (χ4v) is 3.90. The third-order valence-corrected chi connectivity index (χ3v) is 5.39. The quantitative estimate of drug-likeness (QED) is 0.318. The molecule has 0 amide bonds. The van der Waals surface area contributed by atoms with E-state index >= 15 is 0 Å². The molecule has 0 N–H and O–H groups in total. The highest BCUT2D eigenvalue weighted by molar-refractivity contribution is 7.98. The number of methoxy groups -OCH3 is 2. The average molecular weight is 421 g/mol. The van der Waals surface area contributed by atoms with Crippen molar-refractivity contribution < 1.29 is 18.7 Å². The van der Waals surface area contributed by atoms with Gasteiger partial charge in [-0.1, -0.05) is 42.1 Å². The number of aromatic nitrogens is 3. The molecule has 0 radical (unpaired) electrons. The number of furan rings is 1. The Morgan fingerprint density at radius 2 is 1.90 bits per heavy atom. The van der Waals surface area contributed by atoms with Crippen LogP contribution in [-0.4, -0.2) is 35.0 Å². The first kappa shape index (κ1) is 19.8. The van der Waals surface area contributed by atoms with Crippen LogP contribution < -0.4 is 4.74 Å². The number of rotatable bonds is 7.